The molecule has 2 aromatic carbocycles. The van der Waals surface area contributed by atoms with Gasteiger partial charge in [0.1, 0.15) is 0 Å². The zero-order chi connectivity index (χ0) is 15.5. The van der Waals surface area contributed by atoms with Crippen molar-refractivity contribution in [2.75, 3.05) is 11.4 Å². The first-order valence-corrected chi connectivity index (χ1v) is 7.40. The molecule has 0 saturated heterocycles. The van der Waals surface area contributed by atoms with Gasteiger partial charge in [0, 0.05) is 29.6 Å². The summed E-state index contributed by atoms with van der Waals surface area (Å²) in [6.45, 7) is 0.394. The Kier molecular flexibility index (Phi) is 4.07. The topological polar surface area (TPSA) is 37.4 Å². The van der Waals surface area contributed by atoms with E-state index < -0.39 is 0 Å². The van der Waals surface area contributed by atoms with E-state index in [2.05, 4.69) is 0 Å². The Hall–Kier alpha value is -2.39. The van der Waals surface area contributed by atoms with Crippen molar-refractivity contribution in [1.29, 1.82) is 0 Å². The van der Waals surface area contributed by atoms with Crippen LogP contribution in [0.1, 0.15) is 22.3 Å². The molecule has 0 aliphatic carbocycles. The summed E-state index contributed by atoms with van der Waals surface area (Å²) < 4.78 is 0. The van der Waals surface area contributed by atoms with Crippen LogP contribution in [-0.2, 0) is 4.79 Å². The Morgan fingerprint density at radius 2 is 1.91 bits per heavy atom. The van der Waals surface area contributed by atoms with E-state index >= 15 is 0 Å². The monoisotopic (exact) mass is 311 g/mol. The van der Waals surface area contributed by atoms with Crippen LogP contribution in [0.15, 0.2) is 54.6 Å². The third-order valence-electron chi connectivity index (χ3n) is 3.60. The summed E-state index contributed by atoms with van der Waals surface area (Å²) in [5.41, 5.74) is 2.10. The minimum atomic E-state index is -0.139. The van der Waals surface area contributed by atoms with Crippen molar-refractivity contribution >= 4 is 35.1 Å². The third-order valence-corrected chi connectivity index (χ3v) is 3.83. The zero-order valence-corrected chi connectivity index (χ0v) is 12.6. The first-order chi connectivity index (χ1) is 10.6. The van der Waals surface area contributed by atoms with Crippen molar-refractivity contribution < 1.29 is 9.59 Å². The van der Waals surface area contributed by atoms with Crippen LogP contribution in [0.4, 0.5) is 5.69 Å². The normalized spacial score (nSPS) is 14.2. The van der Waals surface area contributed by atoms with Crippen LogP contribution in [-0.4, -0.2) is 18.2 Å². The molecule has 0 aromatic heterocycles. The van der Waals surface area contributed by atoms with Gasteiger partial charge in [0.25, 0.3) is 5.91 Å². The van der Waals surface area contributed by atoms with Crippen molar-refractivity contribution in [3.05, 3.63) is 70.8 Å². The van der Waals surface area contributed by atoms with Gasteiger partial charge in [-0.15, -0.1) is 0 Å². The van der Waals surface area contributed by atoms with Crippen molar-refractivity contribution in [3.8, 4) is 0 Å². The first-order valence-electron chi connectivity index (χ1n) is 7.02. The second-order valence-electron chi connectivity index (χ2n) is 5.07. The Morgan fingerprint density at radius 3 is 2.68 bits per heavy atom. The van der Waals surface area contributed by atoms with E-state index in [9.17, 15) is 9.59 Å². The molecule has 2 aromatic rings. The van der Waals surface area contributed by atoms with Gasteiger partial charge in [0.05, 0.1) is 5.69 Å². The molecule has 0 saturated carbocycles. The van der Waals surface area contributed by atoms with Gasteiger partial charge in [0.15, 0.2) is 5.78 Å². The number of carbonyl (C=O) groups is 2. The maximum atomic E-state index is 12.4. The zero-order valence-electron chi connectivity index (χ0n) is 11.8. The van der Waals surface area contributed by atoms with E-state index in [4.69, 9.17) is 11.6 Å². The lowest BCUT2D eigenvalue weighted by atomic mass is 10.0. The van der Waals surface area contributed by atoms with E-state index in [-0.39, 0.29) is 11.7 Å². The van der Waals surface area contributed by atoms with Crippen molar-refractivity contribution in [1.82, 2.24) is 0 Å². The molecular formula is C18H14ClNO2. The number of ketones is 1. The molecule has 3 nitrogen and oxygen atoms in total. The second-order valence-corrected chi connectivity index (χ2v) is 5.50. The molecule has 1 amide bonds. The molecule has 4 heteroatoms. The molecule has 1 aliphatic rings. The average Bonchev–Trinajstić information content (AvgIpc) is 2.54. The molecule has 0 bridgehead atoms. The predicted molar refractivity (Wildman–Crippen MR) is 88.2 cm³/mol. The number of carbonyl (C=O) groups excluding carboxylic acids is 2. The van der Waals surface area contributed by atoms with Crippen molar-refractivity contribution in [2.45, 2.75) is 6.42 Å². The quantitative estimate of drug-likeness (QED) is 0.787. The first kappa shape index (κ1) is 14.5. The van der Waals surface area contributed by atoms with E-state index in [1.54, 1.807) is 29.2 Å². The number of nitrogens with zero attached hydrogens (tertiary/aromatic N) is 1. The third kappa shape index (κ3) is 2.95. The van der Waals surface area contributed by atoms with Gasteiger partial charge >= 0.3 is 0 Å². The van der Waals surface area contributed by atoms with Crippen LogP contribution < -0.4 is 4.90 Å². The van der Waals surface area contributed by atoms with Crippen LogP contribution in [0.5, 0.6) is 0 Å². The van der Waals surface area contributed by atoms with Gasteiger partial charge in [-0.25, -0.2) is 0 Å². The Balaban J connectivity index is 1.87. The summed E-state index contributed by atoms with van der Waals surface area (Å²) in [5, 5.41) is 0.501. The maximum absolute atomic E-state index is 12.4. The number of halogens is 1. The lowest BCUT2D eigenvalue weighted by Gasteiger charge is -2.27. The number of Topliss-reactive ketones (excluding diaryl/α,β-unsaturated/α-hetero) is 1. The highest BCUT2D eigenvalue weighted by molar-refractivity contribution is 6.31. The molecule has 0 atom stereocenters. The van der Waals surface area contributed by atoms with Crippen LogP contribution in [0, 0.1) is 0 Å². The lowest BCUT2D eigenvalue weighted by molar-refractivity contribution is -0.114. The van der Waals surface area contributed by atoms with Crippen molar-refractivity contribution in [2.24, 2.45) is 0 Å². The predicted octanol–water partition coefficient (Wildman–Crippen LogP) is 3.97. The number of anilines is 1. The Morgan fingerprint density at radius 1 is 1.14 bits per heavy atom. The highest BCUT2D eigenvalue weighted by Gasteiger charge is 2.26. The minimum absolute atomic E-state index is 0.0218. The highest BCUT2D eigenvalue weighted by Crippen LogP contribution is 2.29. The highest BCUT2D eigenvalue weighted by atomic mass is 35.5. The Labute approximate surface area is 133 Å². The maximum Gasteiger partial charge on any atom is 0.251 e. The van der Waals surface area contributed by atoms with Gasteiger partial charge in [-0.3, -0.25) is 9.59 Å². The van der Waals surface area contributed by atoms with Gasteiger partial charge in [-0.1, -0.05) is 41.9 Å². The van der Waals surface area contributed by atoms with Gasteiger partial charge in [-0.2, -0.15) is 0 Å². The van der Waals surface area contributed by atoms with Crippen LogP contribution in [0.2, 0.25) is 5.02 Å². The molecular weight excluding hydrogens is 298 g/mol. The van der Waals surface area contributed by atoms with Gasteiger partial charge in [0.2, 0.25) is 0 Å². The molecule has 1 heterocycles. The van der Waals surface area contributed by atoms with Crippen LogP contribution >= 0.6 is 11.6 Å². The largest absolute Gasteiger partial charge is 0.308 e. The number of benzene rings is 2. The fourth-order valence-electron chi connectivity index (χ4n) is 2.49. The van der Waals surface area contributed by atoms with Crippen molar-refractivity contribution in [3.63, 3.8) is 0 Å². The number of amides is 1. The average molecular weight is 312 g/mol. The van der Waals surface area contributed by atoms with E-state index in [1.165, 1.54) is 6.08 Å². The minimum Gasteiger partial charge on any atom is -0.308 e. The molecule has 0 fully saturated rings. The van der Waals surface area contributed by atoms with E-state index in [0.29, 0.717) is 29.2 Å². The SMILES string of the molecule is O=C1CCN(C(=O)C=Cc2ccccc2)c2ccc(Cl)cc21. The van der Waals surface area contributed by atoms with E-state index in [1.807, 2.05) is 30.3 Å². The fraction of sp³-hybridized carbons (Fsp3) is 0.111. The lowest BCUT2D eigenvalue weighted by Crippen LogP contribution is -2.36. The number of hydrogen-bond acceptors (Lipinski definition) is 2. The molecule has 3 rings (SSSR count). The number of hydrogen-bond donors (Lipinski definition) is 0. The summed E-state index contributed by atoms with van der Waals surface area (Å²) in [4.78, 5) is 26.0. The summed E-state index contributed by atoms with van der Waals surface area (Å²) >= 11 is 5.94. The summed E-state index contributed by atoms with van der Waals surface area (Å²) in [6, 6.07) is 14.7. The fourth-order valence-corrected chi connectivity index (χ4v) is 2.66. The standard InChI is InChI=1S/C18H14ClNO2/c19-14-7-8-16-15(12-14)17(21)10-11-20(16)18(22)9-6-13-4-2-1-3-5-13/h1-9,12H,10-11H2. The summed E-state index contributed by atoms with van der Waals surface area (Å²) in [7, 11) is 0. The summed E-state index contributed by atoms with van der Waals surface area (Å²) in [5.74, 6) is -0.117. The molecule has 110 valence electrons. The van der Waals surface area contributed by atoms with Crippen LogP contribution in [0.3, 0.4) is 0 Å². The smallest absolute Gasteiger partial charge is 0.251 e. The van der Waals surface area contributed by atoms with Crippen LogP contribution in [0.25, 0.3) is 6.08 Å². The molecule has 22 heavy (non-hydrogen) atoms. The van der Waals surface area contributed by atoms with Gasteiger partial charge in [-0.05, 0) is 29.8 Å². The molecule has 1 aliphatic heterocycles. The molecule has 0 unspecified atom stereocenters. The number of rotatable bonds is 2. The molecule has 0 spiro atoms. The second kappa shape index (κ2) is 6.16. The Bertz CT molecular complexity index is 753. The van der Waals surface area contributed by atoms with E-state index in [0.717, 1.165) is 5.56 Å². The number of fused-ring (bicyclic) bond motifs is 1. The summed E-state index contributed by atoms with van der Waals surface area (Å²) in [6.07, 6.45) is 3.62. The molecule has 0 N–H and O–H groups in total. The van der Waals surface area contributed by atoms with Gasteiger partial charge < -0.3 is 4.90 Å². The molecule has 0 radical (unpaired) electrons.